The van der Waals surface area contributed by atoms with Crippen LogP contribution in [0.4, 0.5) is 5.69 Å². The Kier molecular flexibility index (Phi) is 9.97. The van der Waals surface area contributed by atoms with Crippen molar-refractivity contribution in [3.05, 3.63) is 29.8 Å². The second kappa shape index (κ2) is 13.2. The van der Waals surface area contributed by atoms with E-state index in [-0.39, 0.29) is 30.1 Å². The van der Waals surface area contributed by atoms with Crippen LogP contribution in [0.3, 0.4) is 0 Å². The first-order valence-electron chi connectivity index (χ1n) is 15.2. The number of amides is 1. The van der Waals surface area contributed by atoms with E-state index in [0.717, 1.165) is 36.9 Å². The third-order valence-electron chi connectivity index (χ3n) is 9.95. The zero-order valence-corrected chi connectivity index (χ0v) is 26.5. The average Bonchev–Trinajstić information content (AvgIpc) is 3.21. The van der Waals surface area contributed by atoms with E-state index in [2.05, 4.69) is 24.1 Å². The number of rotatable bonds is 11. The molecule has 5 aliphatic rings. The molecule has 5 fully saturated rings. The maximum atomic E-state index is 13.4. The Hall–Kier alpha value is -1.62. The van der Waals surface area contributed by atoms with Crippen molar-refractivity contribution in [3.8, 4) is 0 Å². The molecule has 6 rings (SSSR count). The Morgan fingerprint density at radius 1 is 1.07 bits per heavy atom. The number of esters is 1. The number of hydrogen-bond donors (Lipinski definition) is 1. The number of alkyl halides is 2. The fraction of sp³-hybridized carbons (Fsp3) is 0.742. The number of methoxy groups -OCH3 is 1. The van der Waals surface area contributed by atoms with Crippen LogP contribution >= 0.6 is 23.2 Å². The number of benzene rings is 1. The minimum atomic E-state index is -0.874. The SMILES string of the molecule is COC(=O)C(Cc1ccc(N(CCCl)CCCl)cc1)NC(=O)CC1OC2OC3(C)CCC4C(C)CCC(C1C)C24OO3. The topological polar surface area (TPSA) is 95.6 Å². The first-order valence-corrected chi connectivity index (χ1v) is 16.2. The van der Waals surface area contributed by atoms with Crippen LogP contribution < -0.4 is 10.2 Å². The van der Waals surface area contributed by atoms with E-state index in [9.17, 15) is 9.59 Å². The van der Waals surface area contributed by atoms with Crippen LogP contribution in [0.1, 0.15) is 58.4 Å². The molecule has 1 aromatic rings. The van der Waals surface area contributed by atoms with Crippen molar-refractivity contribution in [1.82, 2.24) is 5.32 Å². The van der Waals surface area contributed by atoms with Crippen molar-refractivity contribution in [2.24, 2.45) is 23.7 Å². The lowest BCUT2D eigenvalue weighted by molar-refractivity contribution is -0.570. The molecule has 4 saturated heterocycles. The Balaban J connectivity index is 1.26. The first-order chi connectivity index (χ1) is 20.1. The summed E-state index contributed by atoms with van der Waals surface area (Å²) in [5.41, 5.74) is 1.21. The van der Waals surface area contributed by atoms with Crippen LogP contribution in [-0.2, 0) is 40.0 Å². The van der Waals surface area contributed by atoms with Gasteiger partial charge in [-0.1, -0.05) is 26.0 Å². The van der Waals surface area contributed by atoms with E-state index in [4.69, 9.17) is 47.2 Å². The maximum Gasteiger partial charge on any atom is 0.328 e. The Morgan fingerprint density at radius 2 is 1.79 bits per heavy atom. The standard InChI is InChI=1S/C31H44Cl2N2O7/c1-19-5-10-24-20(2)26(39-29-31(24)23(19)11-12-30(3,40-29)41-42-31)18-27(36)34-25(28(37)38-4)17-21-6-8-22(9-7-21)35(15-13-32)16-14-33/h6-9,19-20,23-26,29H,5,10-18H2,1-4H3,(H,34,36). The Labute approximate surface area is 258 Å². The minimum absolute atomic E-state index is 0.0321. The fourth-order valence-electron chi connectivity index (χ4n) is 7.64. The minimum Gasteiger partial charge on any atom is -0.467 e. The highest BCUT2D eigenvalue weighted by Crippen LogP contribution is 2.60. The monoisotopic (exact) mass is 626 g/mol. The summed E-state index contributed by atoms with van der Waals surface area (Å²) < 4.78 is 18.0. The quantitative estimate of drug-likeness (QED) is 0.212. The molecule has 11 heteroatoms. The zero-order valence-electron chi connectivity index (χ0n) is 25.0. The lowest BCUT2D eigenvalue weighted by Gasteiger charge is -2.60. The van der Waals surface area contributed by atoms with E-state index in [1.807, 2.05) is 31.2 Å². The predicted molar refractivity (Wildman–Crippen MR) is 159 cm³/mol. The molecule has 0 aromatic heterocycles. The second-order valence-corrected chi connectivity index (χ2v) is 13.3. The van der Waals surface area contributed by atoms with Crippen molar-refractivity contribution < 1.29 is 33.6 Å². The van der Waals surface area contributed by atoms with Gasteiger partial charge in [-0.25, -0.2) is 14.6 Å². The molecule has 1 spiro atoms. The highest BCUT2D eigenvalue weighted by atomic mass is 35.5. The Morgan fingerprint density at radius 3 is 2.45 bits per heavy atom. The van der Waals surface area contributed by atoms with Gasteiger partial charge in [0.1, 0.15) is 6.04 Å². The summed E-state index contributed by atoms with van der Waals surface area (Å²) in [5, 5.41) is 2.91. The number of carbonyl (C=O) groups is 2. The summed E-state index contributed by atoms with van der Waals surface area (Å²) in [6.45, 7) is 7.65. The molecule has 0 radical (unpaired) electrons. The van der Waals surface area contributed by atoms with Gasteiger partial charge < -0.3 is 24.4 Å². The summed E-state index contributed by atoms with van der Waals surface area (Å²) >= 11 is 11.9. The normalized spacial score (nSPS) is 36.0. The van der Waals surface area contributed by atoms with Gasteiger partial charge in [0.2, 0.25) is 11.7 Å². The highest BCUT2D eigenvalue weighted by Gasteiger charge is 2.69. The molecule has 1 N–H and O–H groups in total. The number of fused-ring (bicyclic) bond motifs is 2. The van der Waals surface area contributed by atoms with Crippen LogP contribution in [-0.4, -0.2) is 73.7 Å². The summed E-state index contributed by atoms with van der Waals surface area (Å²) in [6.07, 6.45) is 3.12. The van der Waals surface area contributed by atoms with Crippen LogP contribution in [0.2, 0.25) is 0 Å². The molecule has 234 valence electrons. The van der Waals surface area contributed by atoms with Crippen molar-refractivity contribution >= 4 is 40.8 Å². The number of halogens is 2. The molecule has 9 nitrogen and oxygen atoms in total. The fourth-order valence-corrected chi connectivity index (χ4v) is 8.04. The van der Waals surface area contributed by atoms with Crippen LogP contribution in [0.5, 0.6) is 0 Å². The van der Waals surface area contributed by atoms with Crippen LogP contribution in [0, 0.1) is 23.7 Å². The smallest absolute Gasteiger partial charge is 0.328 e. The van der Waals surface area contributed by atoms with Gasteiger partial charge in [0.15, 0.2) is 11.9 Å². The number of hydrogen-bond acceptors (Lipinski definition) is 8. The zero-order chi connectivity index (χ0) is 30.1. The molecular weight excluding hydrogens is 583 g/mol. The van der Waals surface area contributed by atoms with E-state index in [1.54, 1.807) is 0 Å². The van der Waals surface area contributed by atoms with Gasteiger partial charge in [-0.15, -0.1) is 23.2 Å². The van der Waals surface area contributed by atoms with E-state index in [0.29, 0.717) is 37.2 Å². The molecule has 2 bridgehead atoms. The number of carbonyl (C=O) groups excluding carboxylic acids is 2. The largest absolute Gasteiger partial charge is 0.467 e. The van der Waals surface area contributed by atoms with Crippen molar-refractivity contribution in [1.29, 1.82) is 0 Å². The van der Waals surface area contributed by atoms with Gasteiger partial charge in [0.05, 0.1) is 19.6 Å². The molecule has 4 heterocycles. The van der Waals surface area contributed by atoms with Gasteiger partial charge in [-0.3, -0.25) is 4.79 Å². The molecule has 1 aromatic carbocycles. The number of nitrogens with zero attached hydrogens (tertiary/aromatic N) is 1. The third-order valence-corrected chi connectivity index (χ3v) is 10.3. The highest BCUT2D eigenvalue weighted by molar-refractivity contribution is 6.18. The lowest BCUT2D eigenvalue weighted by atomic mass is 9.57. The van der Waals surface area contributed by atoms with Gasteiger partial charge in [0.25, 0.3) is 0 Å². The number of anilines is 1. The van der Waals surface area contributed by atoms with Crippen molar-refractivity contribution in [3.63, 3.8) is 0 Å². The molecule has 4 aliphatic heterocycles. The number of nitrogens with one attached hydrogen (secondary N) is 1. The molecule has 1 saturated carbocycles. The Bertz CT molecular complexity index is 1100. The molecule has 1 aliphatic carbocycles. The second-order valence-electron chi connectivity index (χ2n) is 12.5. The lowest BCUT2D eigenvalue weighted by Crippen LogP contribution is -2.70. The van der Waals surface area contributed by atoms with Crippen LogP contribution in [0.15, 0.2) is 24.3 Å². The average molecular weight is 628 g/mol. The number of ether oxygens (including phenoxy) is 3. The van der Waals surface area contributed by atoms with Gasteiger partial charge in [-0.2, -0.15) is 0 Å². The van der Waals surface area contributed by atoms with Gasteiger partial charge >= 0.3 is 5.97 Å². The molecule has 1 amide bonds. The van der Waals surface area contributed by atoms with Gasteiger partial charge in [-0.05, 0) is 61.6 Å². The maximum absolute atomic E-state index is 13.4. The first kappa shape index (κ1) is 31.8. The van der Waals surface area contributed by atoms with Crippen molar-refractivity contribution in [2.45, 2.75) is 89.1 Å². The van der Waals surface area contributed by atoms with E-state index >= 15 is 0 Å². The van der Waals surface area contributed by atoms with Gasteiger partial charge in [0, 0.05) is 49.3 Å². The molecule has 42 heavy (non-hydrogen) atoms. The third kappa shape index (κ3) is 6.15. The van der Waals surface area contributed by atoms with E-state index in [1.165, 1.54) is 7.11 Å². The summed E-state index contributed by atoms with van der Waals surface area (Å²) in [4.78, 5) is 40.3. The molecule has 9 unspecified atom stereocenters. The summed E-state index contributed by atoms with van der Waals surface area (Å²) in [5.74, 6) is 0.228. The van der Waals surface area contributed by atoms with Crippen LogP contribution in [0.25, 0.3) is 0 Å². The van der Waals surface area contributed by atoms with Crippen molar-refractivity contribution in [2.75, 3.05) is 36.9 Å². The van der Waals surface area contributed by atoms with E-state index < -0.39 is 35.8 Å². The molecular formula is C31H44Cl2N2O7. The summed E-state index contributed by atoms with van der Waals surface area (Å²) in [7, 11) is 1.33. The summed E-state index contributed by atoms with van der Waals surface area (Å²) in [6, 6.07) is 7.01. The predicted octanol–water partition coefficient (Wildman–Crippen LogP) is 4.81. The molecule has 9 atom stereocenters.